The fourth-order valence-electron chi connectivity index (χ4n) is 4.38. The molecule has 1 aromatic heterocycles. The molecule has 3 amide bonds. The zero-order valence-electron chi connectivity index (χ0n) is 23.0. The van der Waals surface area contributed by atoms with Crippen LogP contribution in [0.4, 0.5) is 4.79 Å². The average molecular weight is 514 g/mol. The number of thiophene rings is 1. The van der Waals surface area contributed by atoms with Crippen molar-refractivity contribution in [2.24, 2.45) is 5.92 Å². The first-order valence-electron chi connectivity index (χ1n) is 13.1. The van der Waals surface area contributed by atoms with E-state index in [0.29, 0.717) is 31.5 Å². The predicted molar refractivity (Wildman–Crippen MR) is 148 cm³/mol. The zero-order chi connectivity index (χ0) is 26.5. The van der Waals surface area contributed by atoms with Gasteiger partial charge in [0.25, 0.3) is 0 Å². The molecule has 2 heterocycles. The number of amides is 3. The normalized spacial score (nSPS) is 16.4. The monoisotopic (exact) mass is 513 g/mol. The molecule has 0 saturated heterocycles. The Morgan fingerprint density at radius 2 is 1.86 bits per heavy atom. The third-order valence-corrected chi connectivity index (χ3v) is 7.69. The van der Waals surface area contributed by atoms with E-state index in [9.17, 15) is 9.59 Å². The summed E-state index contributed by atoms with van der Waals surface area (Å²) in [7, 11) is 0. The van der Waals surface area contributed by atoms with Crippen molar-refractivity contribution in [3.05, 3.63) is 51.7 Å². The number of fused-ring (bicyclic) bond motifs is 1. The van der Waals surface area contributed by atoms with Crippen molar-refractivity contribution < 1.29 is 14.3 Å². The van der Waals surface area contributed by atoms with Crippen LogP contribution in [-0.4, -0.2) is 53.5 Å². The molecule has 0 aliphatic carbocycles. The Balaban J connectivity index is 1.76. The Bertz CT molecular complexity index is 1010. The minimum Gasteiger partial charge on any atom is -0.491 e. The lowest BCUT2D eigenvalue weighted by atomic mass is 10.00. The number of benzene rings is 1. The minimum absolute atomic E-state index is 0.0389. The Morgan fingerprint density at radius 1 is 1.17 bits per heavy atom. The summed E-state index contributed by atoms with van der Waals surface area (Å²) in [6, 6.07) is 9.95. The van der Waals surface area contributed by atoms with Gasteiger partial charge >= 0.3 is 6.03 Å². The van der Waals surface area contributed by atoms with E-state index >= 15 is 0 Å². The summed E-state index contributed by atoms with van der Waals surface area (Å²) < 4.78 is 6.20. The molecule has 7 heteroatoms. The van der Waals surface area contributed by atoms with Crippen molar-refractivity contribution in [2.75, 3.05) is 26.2 Å². The van der Waals surface area contributed by atoms with Gasteiger partial charge in [-0.15, -0.1) is 11.3 Å². The molecule has 2 atom stereocenters. The number of hydrogen-bond acceptors (Lipinski definition) is 4. The number of hydrogen-bond donors (Lipinski definition) is 1. The quantitative estimate of drug-likeness (QED) is 0.432. The largest absolute Gasteiger partial charge is 0.491 e. The molecular weight excluding hydrogens is 470 g/mol. The van der Waals surface area contributed by atoms with Crippen LogP contribution in [0.2, 0.25) is 0 Å². The maximum absolute atomic E-state index is 13.7. The highest BCUT2D eigenvalue weighted by Crippen LogP contribution is 2.34. The molecule has 0 radical (unpaired) electrons. The van der Waals surface area contributed by atoms with E-state index in [1.165, 1.54) is 10.4 Å². The zero-order valence-corrected chi connectivity index (χ0v) is 23.8. The highest BCUT2D eigenvalue weighted by atomic mass is 32.1. The van der Waals surface area contributed by atoms with Gasteiger partial charge in [-0.1, -0.05) is 46.2 Å². The van der Waals surface area contributed by atoms with Gasteiger partial charge in [0.05, 0.1) is 6.04 Å². The van der Waals surface area contributed by atoms with Gasteiger partial charge in [0.15, 0.2) is 0 Å². The summed E-state index contributed by atoms with van der Waals surface area (Å²) in [5.41, 5.74) is 2.06. The Labute approximate surface area is 221 Å². The van der Waals surface area contributed by atoms with E-state index in [-0.39, 0.29) is 30.1 Å². The van der Waals surface area contributed by atoms with Crippen molar-refractivity contribution >= 4 is 23.3 Å². The molecule has 0 saturated carbocycles. The van der Waals surface area contributed by atoms with E-state index < -0.39 is 0 Å². The molecule has 1 aromatic carbocycles. The van der Waals surface area contributed by atoms with E-state index in [1.54, 1.807) is 16.2 Å². The maximum Gasteiger partial charge on any atom is 0.318 e. The second-order valence-electron chi connectivity index (χ2n) is 11.3. The summed E-state index contributed by atoms with van der Waals surface area (Å²) in [5.74, 6) is 1.54. The van der Waals surface area contributed by atoms with Gasteiger partial charge in [0.2, 0.25) is 5.91 Å². The third-order valence-electron chi connectivity index (χ3n) is 6.69. The second kappa shape index (κ2) is 12.1. The van der Waals surface area contributed by atoms with E-state index in [1.807, 2.05) is 37.8 Å². The van der Waals surface area contributed by atoms with Crippen LogP contribution in [0.25, 0.3) is 0 Å². The number of nitrogens with zero attached hydrogens (tertiary/aromatic N) is 2. The highest BCUT2D eigenvalue weighted by molar-refractivity contribution is 7.10. The summed E-state index contributed by atoms with van der Waals surface area (Å²) >= 11 is 1.74. The molecule has 36 heavy (non-hydrogen) atoms. The van der Waals surface area contributed by atoms with Gasteiger partial charge in [-0.05, 0) is 73.7 Å². The highest BCUT2D eigenvalue weighted by Gasteiger charge is 2.34. The SMILES string of the molecule is CC[C@@H](C)CN(CC(=O)N1CCc2sccc2[C@@H]1COc1ccc(C(C)C)cc1)C(=O)NC(C)(C)C. The first-order valence-corrected chi connectivity index (χ1v) is 14.0. The number of rotatable bonds is 9. The molecule has 3 rings (SSSR count). The van der Waals surface area contributed by atoms with Crippen LogP contribution in [0.1, 0.15) is 82.9 Å². The predicted octanol–water partition coefficient (Wildman–Crippen LogP) is 6.23. The van der Waals surface area contributed by atoms with Crippen LogP contribution in [0.5, 0.6) is 5.75 Å². The molecule has 0 spiro atoms. The van der Waals surface area contributed by atoms with Crippen LogP contribution in [-0.2, 0) is 11.2 Å². The third kappa shape index (κ3) is 7.48. The van der Waals surface area contributed by atoms with E-state index in [0.717, 1.165) is 24.2 Å². The summed E-state index contributed by atoms with van der Waals surface area (Å²) in [4.78, 5) is 31.6. The van der Waals surface area contributed by atoms with Gasteiger partial charge in [0.1, 0.15) is 18.9 Å². The van der Waals surface area contributed by atoms with Gasteiger partial charge in [-0.3, -0.25) is 4.79 Å². The Morgan fingerprint density at radius 3 is 2.47 bits per heavy atom. The lowest BCUT2D eigenvalue weighted by Gasteiger charge is -2.37. The van der Waals surface area contributed by atoms with Crippen molar-refractivity contribution in [1.82, 2.24) is 15.1 Å². The first kappa shape index (κ1) is 28.0. The standard InChI is InChI=1S/C29H43N3O3S/c1-8-21(4)17-31(28(34)30-29(5,6)7)18-27(33)32-15-13-26-24(14-16-36-26)25(32)19-35-23-11-9-22(10-12-23)20(2)3/h9-12,14,16,20-21,25H,8,13,15,17-19H2,1-7H3,(H,30,34)/t21-,25+/m1/s1. The summed E-state index contributed by atoms with van der Waals surface area (Å²) in [6.07, 6.45) is 1.78. The van der Waals surface area contributed by atoms with Gasteiger partial charge in [0, 0.05) is 23.5 Å². The van der Waals surface area contributed by atoms with Gasteiger partial charge < -0.3 is 19.9 Å². The van der Waals surface area contributed by atoms with Crippen LogP contribution in [0.15, 0.2) is 35.7 Å². The smallest absolute Gasteiger partial charge is 0.318 e. The summed E-state index contributed by atoms with van der Waals surface area (Å²) in [5, 5.41) is 5.12. The lowest BCUT2D eigenvalue weighted by molar-refractivity contribution is -0.135. The number of carbonyl (C=O) groups is 2. The number of carbonyl (C=O) groups excluding carboxylic acids is 2. The molecular formula is C29H43N3O3S. The van der Waals surface area contributed by atoms with Crippen molar-refractivity contribution in [3.63, 3.8) is 0 Å². The van der Waals surface area contributed by atoms with Crippen molar-refractivity contribution in [3.8, 4) is 5.75 Å². The molecule has 1 aliphatic rings. The number of nitrogens with one attached hydrogen (secondary N) is 1. The Hall–Kier alpha value is -2.54. The van der Waals surface area contributed by atoms with E-state index in [4.69, 9.17) is 4.74 Å². The molecule has 1 aliphatic heterocycles. The van der Waals surface area contributed by atoms with Gasteiger partial charge in [-0.25, -0.2) is 4.79 Å². The molecule has 198 valence electrons. The minimum atomic E-state index is -0.369. The number of urea groups is 1. The average Bonchev–Trinajstić information content (AvgIpc) is 3.30. The molecule has 0 fully saturated rings. The lowest BCUT2D eigenvalue weighted by Crippen LogP contribution is -2.53. The van der Waals surface area contributed by atoms with Crippen LogP contribution < -0.4 is 10.1 Å². The maximum atomic E-state index is 13.7. The van der Waals surface area contributed by atoms with Crippen molar-refractivity contribution in [2.45, 2.75) is 78.8 Å². The fourth-order valence-corrected chi connectivity index (χ4v) is 5.31. The van der Waals surface area contributed by atoms with Crippen molar-refractivity contribution in [1.29, 1.82) is 0 Å². The molecule has 6 nitrogen and oxygen atoms in total. The fraction of sp³-hybridized carbons (Fsp3) is 0.586. The van der Waals surface area contributed by atoms with E-state index in [2.05, 4.69) is 56.6 Å². The second-order valence-corrected chi connectivity index (χ2v) is 12.3. The molecule has 2 aromatic rings. The first-order chi connectivity index (χ1) is 17.0. The van der Waals surface area contributed by atoms with Crippen LogP contribution in [0.3, 0.4) is 0 Å². The Kier molecular flexibility index (Phi) is 9.45. The van der Waals surface area contributed by atoms with Crippen LogP contribution >= 0.6 is 11.3 Å². The topological polar surface area (TPSA) is 61.9 Å². The molecule has 1 N–H and O–H groups in total. The van der Waals surface area contributed by atoms with Gasteiger partial charge in [-0.2, -0.15) is 0 Å². The van der Waals surface area contributed by atoms with Crippen LogP contribution in [0, 0.1) is 5.92 Å². The number of ether oxygens (including phenoxy) is 1. The summed E-state index contributed by atoms with van der Waals surface area (Å²) in [6.45, 7) is 16.1. The molecule has 0 unspecified atom stereocenters. The molecule has 0 bridgehead atoms.